The first-order chi connectivity index (χ1) is 21.9. The molecule has 1 aliphatic heterocycles. The fourth-order valence-corrected chi connectivity index (χ4v) is 5.93. The predicted molar refractivity (Wildman–Crippen MR) is 176 cm³/mol. The number of carbonyl (C=O) groups is 2. The molecule has 0 radical (unpaired) electrons. The van der Waals surface area contributed by atoms with Gasteiger partial charge in [-0.25, -0.2) is 0 Å². The number of amides is 2. The highest BCUT2D eigenvalue weighted by Crippen LogP contribution is 2.40. The molecule has 3 aromatic carbocycles. The van der Waals surface area contributed by atoms with E-state index in [1.54, 1.807) is 26.2 Å². The number of hydrogen-bond donors (Lipinski definition) is 0. The standard InChI is InChI=1S/C35H44ClN3O6/c1-42-25-33(41)39-22-8-20-37(23-26-11-15-29(36)16-12-26)19-7-21-38(24-28-9-5-6-10-30(28)39)32(40)18-14-27-13-17-31(43-2)35(45-4)34(27)44-3/h5-6,9-13,15-17H,7-8,14,18-25H2,1-4H3. The maximum absolute atomic E-state index is 13.9. The van der Waals surface area contributed by atoms with E-state index in [0.29, 0.717) is 48.3 Å². The van der Waals surface area contributed by atoms with Gasteiger partial charge in [0.1, 0.15) is 6.61 Å². The molecule has 0 aromatic heterocycles. The van der Waals surface area contributed by atoms with Crippen LogP contribution in [0.15, 0.2) is 60.7 Å². The van der Waals surface area contributed by atoms with Crippen LogP contribution in [0.1, 0.15) is 36.0 Å². The summed E-state index contributed by atoms with van der Waals surface area (Å²) in [6.07, 6.45) is 2.37. The Morgan fingerprint density at radius 3 is 2.18 bits per heavy atom. The van der Waals surface area contributed by atoms with Crippen molar-refractivity contribution < 1.29 is 28.5 Å². The zero-order valence-electron chi connectivity index (χ0n) is 26.7. The Bertz CT molecular complexity index is 1420. The Morgan fingerprint density at radius 2 is 1.49 bits per heavy atom. The van der Waals surface area contributed by atoms with E-state index in [2.05, 4.69) is 4.90 Å². The van der Waals surface area contributed by atoms with E-state index in [1.165, 1.54) is 12.7 Å². The fourth-order valence-electron chi connectivity index (χ4n) is 5.80. The summed E-state index contributed by atoms with van der Waals surface area (Å²) in [6, 6.07) is 19.5. The van der Waals surface area contributed by atoms with Crippen molar-refractivity contribution in [1.82, 2.24) is 9.80 Å². The molecule has 2 amide bonds. The summed E-state index contributed by atoms with van der Waals surface area (Å²) < 4.78 is 21.9. The molecule has 242 valence electrons. The van der Waals surface area contributed by atoms with E-state index in [9.17, 15) is 9.59 Å². The summed E-state index contributed by atoms with van der Waals surface area (Å²) in [5.74, 6) is 1.56. The van der Waals surface area contributed by atoms with Crippen LogP contribution in [-0.4, -0.2) is 82.8 Å². The number of nitrogens with zero attached hydrogens (tertiary/aromatic N) is 3. The molecule has 4 rings (SSSR count). The SMILES string of the molecule is COCC(=O)N1CCCN(Cc2ccc(Cl)cc2)CCCN(C(=O)CCc2ccc(OC)c(OC)c2OC)Cc2ccccc21. The van der Waals surface area contributed by atoms with Crippen molar-refractivity contribution in [3.8, 4) is 17.2 Å². The first-order valence-corrected chi connectivity index (χ1v) is 15.7. The normalized spacial score (nSPS) is 14.6. The molecule has 0 saturated carbocycles. The molecule has 0 N–H and O–H groups in total. The molecule has 0 atom stereocenters. The Balaban J connectivity index is 1.59. The summed E-state index contributed by atoms with van der Waals surface area (Å²) in [7, 11) is 6.26. The van der Waals surface area contributed by atoms with Crippen molar-refractivity contribution in [2.24, 2.45) is 0 Å². The monoisotopic (exact) mass is 637 g/mol. The summed E-state index contributed by atoms with van der Waals surface area (Å²) >= 11 is 6.13. The van der Waals surface area contributed by atoms with Crippen molar-refractivity contribution >= 4 is 29.1 Å². The molecule has 0 spiro atoms. The lowest BCUT2D eigenvalue weighted by Gasteiger charge is -2.32. The topological polar surface area (TPSA) is 80.8 Å². The second kappa shape index (κ2) is 17.1. The maximum Gasteiger partial charge on any atom is 0.252 e. The number of fused-ring (bicyclic) bond motifs is 1. The molecule has 9 nitrogen and oxygen atoms in total. The summed E-state index contributed by atoms with van der Waals surface area (Å²) in [5.41, 5.74) is 3.77. The van der Waals surface area contributed by atoms with Crippen molar-refractivity contribution in [2.75, 3.05) is 66.1 Å². The molecule has 0 bridgehead atoms. The van der Waals surface area contributed by atoms with Gasteiger partial charge in [-0.05, 0) is 60.2 Å². The Hall–Kier alpha value is -3.79. The van der Waals surface area contributed by atoms with Gasteiger partial charge in [0.2, 0.25) is 11.7 Å². The highest BCUT2D eigenvalue weighted by atomic mass is 35.5. The van der Waals surface area contributed by atoms with Crippen LogP contribution in [0.5, 0.6) is 17.2 Å². The van der Waals surface area contributed by atoms with Crippen LogP contribution < -0.4 is 19.1 Å². The number of halogens is 1. The quantitative estimate of drug-likeness (QED) is 0.286. The smallest absolute Gasteiger partial charge is 0.252 e. The number of benzene rings is 3. The van der Waals surface area contributed by atoms with Crippen molar-refractivity contribution in [3.05, 3.63) is 82.4 Å². The number of para-hydroxylation sites is 1. The van der Waals surface area contributed by atoms with E-state index >= 15 is 0 Å². The zero-order valence-corrected chi connectivity index (χ0v) is 27.5. The molecule has 0 saturated heterocycles. The Morgan fingerprint density at radius 1 is 0.778 bits per heavy atom. The number of aryl methyl sites for hydroxylation is 1. The average molecular weight is 638 g/mol. The van der Waals surface area contributed by atoms with E-state index < -0.39 is 0 Å². The minimum Gasteiger partial charge on any atom is -0.493 e. The van der Waals surface area contributed by atoms with Gasteiger partial charge in [0.05, 0.1) is 21.3 Å². The van der Waals surface area contributed by atoms with Gasteiger partial charge in [-0.2, -0.15) is 0 Å². The van der Waals surface area contributed by atoms with Crippen molar-refractivity contribution in [2.45, 2.75) is 38.8 Å². The van der Waals surface area contributed by atoms with Gasteiger partial charge in [-0.15, -0.1) is 0 Å². The molecule has 0 fully saturated rings. The highest BCUT2D eigenvalue weighted by Gasteiger charge is 2.24. The van der Waals surface area contributed by atoms with Crippen molar-refractivity contribution in [1.29, 1.82) is 0 Å². The van der Waals surface area contributed by atoms with E-state index in [1.807, 2.05) is 65.6 Å². The summed E-state index contributed by atoms with van der Waals surface area (Å²) in [4.78, 5) is 33.3. The second-order valence-electron chi connectivity index (χ2n) is 11.0. The zero-order chi connectivity index (χ0) is 32.2. The van der Waals surface area contributed by atoms with E-state index in [4.69, 9.17) is 30.5 Å². The lowest BCUT2D eigenvalue weighted by molar-refractivity contribution is -0.131. The van der Waals surface area contributed by atoms with Gasteiger partial charge in [0, 0.05) is 63.5 Å². The Kier molecular flexibility index (Phi) is 12.9. The number of anilines is 1. The molecule has 3 aromatic rings. The average Bonchev–Trinajstić information content (AvgIpc) is 3.05. The van der Waals surface area contributed by atoms with Gasteiger partial charge >= 0.3 is 0 Å². The molecule has 0 unspecified atom stereocenters. The summed E-state index contributed by atoms with van der Waals surface area (Å²) in [6.45, 7) is 3.87. The largest absolute Gasteiger partial charge is 0.493 e. The molecule has 1 heterocycles. The minimum absolute atomic E-state index is 0.0153. The molecule has 1 aliphatic rings. The van der Waals surface area contributed by atoms with Gasteiger partial charge < -0.3 is 28.7 Å². The molecule has 0 aliphatic carbocycles. The van der Waals surface area contributed by atoms with Gasteiger partial charge in [0.25, 0.3) is 5.91 Å². The van der Waals surface area contributed by atoms with Crippen LogP contribution in [0.2, 0.25) is 5.02 Å². The van der Waals surface area contributed by atoms with Crippen LogP contribution >= 0.6 is 11.6 Å². The number of ether oxygens (including phenoxy) is 4. The molecular formula is C35H44ClN3O6. The number of carbonyl (C=O) groups excluding carboxylic acids is 2. The Labute approximate surface area is 271 Å². The molecular weight excluding hydrogens is 594 g/mol. The van der Waals surface area contributed by atoms with Crippen LogP contribution in [0.4, 0.5) is 5.69 Å². The van der Waals surface area contributed by atoms with Crippen LogP contribution in [0.3, 0.4) is 0 Å². The lowest BCUT2D eigenvalue weighted by Crippen LogP contribution is -2.40. The summed E-state index contributed by atoms with van der Waals surface area (Å²) in [5, 5.41) is 0.707. The molecule has 45 heavy (non-hydrogen) atoms. The molecule has 10 heteroatoms. The second-order valence-corrected chi connectivity index (χ2v) is 11.5. The number of methoxy groups -OCH3 is 4. The number of rotatable bonds is 10. The van der Waals surface area contributed by atoms with Gasteiger partial charge in [-0.3, -0.25) is 14.5 Å². The third kappa shape index (κ3) is 9.12. The van der Waals surface area contributed by atoms with Crippen molar-refractivity contribution in [3.63, 3.8) is 0 Å². The fraction of sp³-hybridized carbons (Fsp3) is 0.429. The third-order valence-corrected chi connectivity index (χ3v) is 8.29. The van der Waals surface area contributed by atoms with E-state index in [0.717, 1.165) is 49.3 Å². The lowest BCUT2D eigenvalue weighted by atomic mass is 10.1. The minimum atomic E-state index is -0.107. The van der Waals surface area contributed by atoms with Crippen LogP contribution in [0.25, 0.3) is 0 Å². The first-order valence-electron chi connectivity index (χ1n) is 15.3. The first kappa shape index (κ1) is 34.1. The third-order valence-electron chi connectivity index (χ3n) is 8.04. The maximum atomic E-state index is 13.9. The van der Waals surface area contributed by atoms with Gasteiger partial charge in [-0.1, -0.05) is 48.0 Å². The number of hydrogen-bond acceptors (Lipinski definition) is 7. The van der Waals surface area contributed by atoms with Crippen LogP contribution in [-0.2, 0) is 33.8 Å². The van der Waals surface area contributed by atoms with E-state index in [-0.39, 0.29) is 24.8 Å². The van der Waals surface area contributed by atoms with Crippen LogP contribution in [0, 0.1) is 0 Å². The highest BCUT2D eigenvalue weighted by molar-refractivity contribution is 6.30. The predicted octanol–water partition coefficient (Wildman–Crippen LogP) is 5.60. The van der Waals surface area contributed by atoms with Gasteiger partial charge in [0.15, 0.2) is 11.5 Å².